The smallest absolute Gasteiger partial charge is 0.155 e. The predicted octanol–water partition coefficient (Wildman–Crippen LogP) is 5.37. The van der Waals surface area contributed by atoms with Gasteiger partial charge < -0.3 is 5.11 Å². The average Bonchev–Trinajstić information content (AvgIpc) is 2.45. The molecule has 1 N–H and O–H groups in total. The lowest BCUT2D eigenvalue weighted by molar-refractivity contribution is -0.114. The molecule has 0 unspecified atom stereocenters. The van der Waals surface area contributed by atoms with Gasteiger partial charge in [0.05, 0.1) is 5.60 Å². The molecule has 1 atom stereocenters. The van der Waals surface area contributed by atoms with Crippen LogP contribution in [0.15, 0.2) is 36.4 Å². The lowest BCUT2D eigenvalue weighted by atomic mass is 9.95. The fourth-order valence-electron chi connectivity index (χ4n) is 2.43. The SMILES string of the molecule is C[C@@H](C/C=C/C(=O)CCc1ccc(Cl)cc1)CCCC(C)(C)O. The summed E-state index contributed by atoms with van der Waals surface area (Å²) in [6, 6.07) is 7.63. The Kier molecular flexibility index (Phi) is 8.57. The zero-order valence-corrected chi connectivity index (χ0v) is 15.3. The summed E-state index contributed by atoms with van der Waals surface area (Å²) in [7, 11) is 0. The van der Waals surface area contributed by atoms with Gasteiger partial charge in [-0.15, -0.1) is 0 Å². The molecule has 0 radical (unpaired) electrons. The Morgan fingerprint density at radius 3 is 2.57 bits per heavy atom. The summed E-state index contributed by atoms with van der Waals surface area (Å²) < 4.78 is 0. The van der Waals surface area contributed by atoms with E-state index in [1.54, 1.807) is 6.08 Å². The molecule has 0 bridgehead atoms. The highest BCUT2D eigenvalue weighted by Gasteiger charge is 2.12. The van der Waals surface area contributed by atoms with E-state index in [2.05, 4.69) is 6.92 Å². The summed E-state index contributed by atoms with van der Waals surface area (Å²) in [5.74, 6) is 0.710. The first kappa shape index (κ1) is 19.9. The van der Waals surface area contributed by atoms with Crippen molar-refractivity contribution in [3.8, 4) is 0 Å². The number of allylic oxidation sites excluding steroid dienone is 2. The van der Waals surface area contributed by atoms with Gasteiger partial charge in [-0.3, -0.25) is 4.79 Å². The first-order valence-corrected chi connectivity index (χ1v) is 8.80. The molecular formula is C20H29ClO2. The van der Waals surface area contributed by atoms with Crippen LogP contribution >= 0.6 is 11.6 Å². The van der Waals surface area contributed by atoms with Crippen LogP contribution in [0.3, 0.4) is 0 Å². The molecule has 0 saturated heterocycles. The molecule has 0 aliphatic heterocycles. The largest absolute Gasteiger partial charge is 0.390 e. The number of rotatable bonds is 10. The molecule has 2 nitrogen and oxygen atoms in total. The van der Waals surface area contributed by atoms with Crippen molar-refractivity contribution in [3.63, 3.8) is 0 Å². The highest BCUT2D eigenvalue weighted by atomic mass is 35.5. The normalized spacial score (nSPS) is 13.4. The second-order valence-corrected chi connectivity index (χ2v) is 7.48. The Hall–Kier alpha value is -1.12. The number of hydrogen-bond donors (Lipinski definition) is 1. The highest BCUT2D eigenvalue weighted by Crippen LogP contribution is 2.18. The second kappa shape index (κ2) is 9.89. The zero-order chi connectivity index (χ0) is 17.3. The van der Waals surface area contributed by atoms with Gasteiger partial charge in [0.25, 0.3) is 0 Å². The summed E-state index contributed by atoms with van der Waals surface area (Å²) in [6.45, 7) is 5.88. The van der Waals surface area contributed by atoms with Crippen LogP contribution in [0.5, 0.6) is 0 Å². The Bertz CT molecular complexity index is 497. The van der Waals surface area contributed by atoms with E-state index in [4.69, 9.17) is 11.6 Å². The number of carbonyl (C=O) groups excluding carboxylic acids is 1. The fourth-order valence-corrected chi connectivity index (χ4v) is 2.56. The van der Waals surface area contributed by atoms with Gasteiger partial charge in [0.2, 0.25) is 0 Å². The Morgan fingerprint density at radius 2 is 1.96 bits per heavy atom. The lowest BCUT2D eigenvalue weighted by Gasteiger charge is -2.17. The van der Waals surface area contributed by atoms with Crippen LogP contribution in [0, 0.1) is 5.92 Å². The topological polar surface area (TPSA) is 37.3 Å². The maximum Gasteiger partial charge on any atom is 0.155 e. The van der Waals surface area contributed by atoms with Crippen molar-refractivity contribution >= 4 is 17.4 Å². The Balaban J connectivity index is 2.20. The van der Waals surface area contributed by atoms with Crippen molar-refractivity contribution < 1.29 is 9.90 Å². The Morgan fingerprint density at radius 1 is 1.30 bits per heavy atom. The quantitative estimate of drug-likeness (QED) is 0.583. The van der Waals surface area contributed by atoms with Gasteiger partial charge in [0.1, 0.15) is 0 Å². The van der Waals surface area contributed by atoms with Crippen LogP contribution in [0.4, 0.5) is 0 Å². The van der Waals surface area contributed by atoms with Gasteiger partial charge in [-0.1, -0.05) is 49.6 Å². The van der Waals surface area contributed by atoms with E-state index in [9.17, 15) is 9.90 Å². The minimum atomic E-state index is -0.576. The summed E-state index contributed by atoms with van der Waals surface area (Å²) in [5.41, 5.74) is 0.559. The molecule has 3 heteroatoms. The summed E-state index contributed by atoms with van der Waals surface area (Å²) in [4.78, 5) is 11.9. The molecule has 1 aromatic carbocycles. The predicted molar refractivity (Wildman–Crippen MR) is 97.8 cm³/mol. The molecule has 128 valence electrons. The molecule has 1 rings (SSSR count). The van der Waals surface area contributed by atoms with E-state index < -0.39 is 5.60 Å². The third-order valence-corrected chi connectivity index (χ3v) is 4.15. The van der Waals surface area contributed by atoms with Gasteiger partial charge in [-0.2, -0.15) is 0 Å². The van der Waals surface area contributed by atoms with Gasteiger partial charge in [-0.25, -0.2) is 0 Å². The van der Waals surface area contributed by atoms with E-state index in [1.165, 1.54) is 0 Å². The van der Waals surface area contributed by atoms with Crippen molar-refractivity contribution in [2.24, 2.45) is 5.92 Å². The van der Waals surface area contributed by atoms with Crippen LogP contribution in [-0.2, 0) is 11.2 Å². The van der Waals surface area contributed by atoms with E-state index in [1.807, 2.05) is 44.2 Å². The van der Waals surface area contributed by atoms with E-state index >= 15 is 0 Å². The van der Waals surface area contributed by atoms with Gasteiger partial charge in [0.15, 0.2) is 5.78 Å². The number of aliphatic hydroxyl groups is 1. The van der Waals surface area contributed by atoms with Gasteiger partial charge in [0, 0.05) is 11.4 Å². The van der Waals surface area contributed by atoms with Crippen molar-refractivity contribution in [2.45, 2.75) is 64.9 Å². The van der Waals surface area contributed by atoms with Crippen LogP contribution in [0.2, 0.25) is 5.02 Å². The molecule has 23 heavy (non-hydrogen) atoms. The lowest BCUT2D eigenvalue weighted by Crippen LogP contribution is -2.18. The van der Waals surface area contributed by atoms with Crippen molar-refractivity contribution in [1.29, 1.82) is 0 Å². The maximum absolute atomic E-state index is 11.9. The number of hydrogen-bond acceptors (Lipinski definition) is 2. The number of benzene rings is 1. The number of halogens is 1. The minimum absolute atomic E-state index is 0.170. The minimum Gasteiger partial charge on any atom is -0.390 e. The summed E-state index contributed by atoms with van der Waals surface area (Å²) >= 11 is 5.84. The van der Waals surface area contributed by atoms with Crippen LogP contribution in [-0.4, -0.2) is 16.5 Å². The summed E-state index contributed by atoms with van der Waals surface area (Å²) in [5, 5.41) is 10.4. The average molecular weight is 337 g/mol. The van der Waals surface area contributed by atoms with E-state index in [0.717, 1.165) is 42.7 Å². The van der Waals surface area contributed by atoms with Crippen molar-refractivity contribution in [2.75, 3.05) is 0 Å². The molecule has 1 aromatic rings. The maximum atomic E-state index is 11.9. The second-order valence-electron chi connectivity index (χ2n) is 7.04. The Labute approximate surface area is 145 Å². The standard InChI is InChI=1S/C20H29ClO2/c1-16(7-5-15-20(2,3)23)6-4-8-19(22)14-11-17-9-12-18(21)13-10-17/h4,8-10,12-13,16,23H,5-7,11,14-15H2,1-3H3/b8-4+/t16-/m0/s1. The van der Waals surface area contributed by atoms with E-state index in [0.29, 0.717) is 12.3 Å². The summed E-state index contributed by atoms with van der Waals surface area (Å²) in [6.07, 6.45) is 8.81. The van der Waals surface area contributed by atoms with Crippen LogP contribution in [0.25, 0.3) is 0 Å². The van der Waals surface area contributed by atoms with Crippen LogP contribution in [0.1, 0.15) is 58.4 Å². The molecule has 0 aliphatic rings. The molecule has 0 spiro atoms. The number of ketones is 1. The first-order valence-electron chi connectivity index (χ1n) is 8.42. The molecule has 0 aromatic heterocycles. The number of carbonyl (C=O) groups is 1. The third-order valence-electron chi connectivity index (χ3n) is 3.90. The molecular weight excluding hydrogens is 308 g/mol. The zero-order valence-electron chi connectivity index (χ0n) is 14.5. The van der Waals surface area contributed by atoms with E-state index in [-0.39, 0.29) is 5.78 Å². The molecule has 0 heterocycles. The van der Waals surface area contributed by atoms with Crippen molar-refractivity contribution in [1.82, 2.24) is 0 Å². The monoisotopic (exact) mass is 336 g/mol. The molecule has 0 amide bonds. The molecule has 0 fully saturated rings. The first-order chi connectivity index (χ1) is 10.8. The fraction of sp³-hybridized carbons (Fsp3) is 0.550. The molecule has 0 saturated carbocycles. The number of aryl methyl sites for hydroxylation is 1. The van der Waals surface area contributed by atoms with Gasteiger partial charge >= 0.3 is 0 Å². The van der Waals surface area contributed by atoms with Crippen molar-refractivity contribution in [3.05, 3.63) is 47.0 Å². The van der Waals surface area contributed by atoms with Gasteiger partial charge in [-0.05, 0) is 62.8 Å². The highest BCUT2D eigenvalue weighted by molar-refractivity contribution is 6.30. The molecule has 0 aliphatic carbocycles. The third kappa shape index (κ3) is 10.3. The van der Waals surface area contributed by atoms with Crippen LogP contribution < -0.4 is 0 Å².